The first-order chi connectivity index (χ1) is 9.63. The Balaban J connectivity index is 2.09. The minimum atomic E-state index is 0.383. The van der Waals surface area contributed by atoms with Gasteiger partial charge in [0.05, 0.1) is 0 Å². The van der Waals surface area contributed by atoms with Crippen LogP contribution in [0.3, 0.4) is 0 Å². The number of ether oxygens (including phenoxy) is 1. The molecule has 0 fully saturated rings. The molecule has 0 spiro atoms. The molecule has 0 aliphatic rings. The van der Waals surface area contributed by atoms with E-state index >= 15 is 0 Å². The first-order valence-electron chi connectivity index (χ1n) is 6.30. The van der Waals surface area contributed by atoms with Gasteiger partial charge in [0.1, 0.15) is 5.75 Å². The van der Waals surface area contributed by atoms with Gasteiger partial charge in [-0.05, 0) is 43.2 Å². The molecule has 0 bridgehead atoms. The van der Waals surface area contributed by atoms with Crippen LogP contribution in [0.5, 0.6) is 11.6 Å². The number of aromatic nitrogens is 2. The third-order valence-electron chi connectivity index (χ3n) is 3.02. The van der Waals surface area contributed by atoms with Crippen molar-refractivity contribution in [1.29, 1.82) is 0 Å². The molecule has 0 amide bonds. The van der Waals surface area contributed by atoms with Crippen molar-refractivity contribution in [2.24, 2.45) is 0 Å². The standard InChI is InChI=1S/C16H13ClN2O/c1-10-7-11(2)9-12(8-10)20-16-14-6-4-3-5-13(14)15(17)18-19-16/h3-9H,1-2H3. The average Bonchev–Trinajstić information content (AvgIpc) is 2.41. The van der Waals surface area contributed by atoms with E-state index in [9.17, 15) is 0 Å². The van der Waals surface area contributed by atoms with Gasteiger partial charge in [-0.2, -0.15) is 0 Å². The van der Waals surface area contributed by atoms with Crippen LogP contribution in [-0.4, -0.2) is 10.2 Å². The Morgan fingerprint density at radius 3 is 2.25 bits per heavy atom. The Morgan fingerprint density at radius 1 is 0.900 bits per heavy atom. The summed E-state index contributed by atoms with van der Waals surface area (Å²) in [6.45, 7) is 4.07. The maximum absolute atomic E-state index is 6.05. The quantitative estimate of drug-likeness (QED) is 0.684. The molecule has 0 aliphatic carbocycles. The topological polar surface area (TPSA) is 35.0 Å². The highest BCUT2D eigenvalue weighted by atomic mass is 35.5. The number of nitrogens with zero attached hydrogens (tertiary/aromatic N) is 2. The number of hydrogen-bond acceptors (Lipinski definition) is 3. The summed E-state index contributed by atoms with van der Waals surface area (Å²) < 4.78 is 5.88. The summed E-state index contributed by atoms with van der Waals surface area (Å²) in [5.74, 6) is 1.22. The zero-order valence-corrected chi connectivity index (χ0v) is 12.0. The SMILES string of the molecule is Cc1cc(C)cc(Oc2nnc(Cl)c3ccccc23)c1. The van der Waals surface area contributed by atoms with Crippen molar-refractivity contribution in [3.05, 3.63) is 58.7 Å². The molecule has 4 heteroatoms. The maximum Gasteiger partial charge on any atom is 0.246 e. The molecule has 0 aliphatic heterocycles. The lowest BCUT2D eigenvalue weighted by Gasteiger charge is -2.09. The predicted octanol–water partition coefficient (Wildman–Crippen LogP) is 4.69. The fourth-order valence-corrected chi connectivity index (χ4v) is 2.43. The van der Waals surface area contributed by atoms with Crippen molar-refractivity contribution >= 4 is 22.4 Å². The lowest BCUT2D eigenvalue weighted by molar-refractivity contribution is 0.461. The van der Waals surface area contributed by atoms with E-state index in [1.807, 2.05) is 50.2 Å². The van der Waals surface area contributed by atoms with Crippen LogP contribution in [0.2, 0.25) is 5.15 Å². The molecule has 1 heterocycles. The van der Waals surface area contributed by atoms with Crippen LogP contribution in [0.25, 0.3) is 10.8 Å². The summed E-state index contributed by atoms with van der Waals surface area (Å²) in [6, 6.07) is 13.7. The fraction of sp³-hybridized carbons (Fsp3) is 0.125. The Hall–Kier alpha value is -2.13. The Bertz CT molecular complexity index is 766. The predicted molar refractivity (Wildman–Crippen MR) is 80.5 cm³/mol. The molecular formula is C16H13ClN2O. The lowest BCUT2D eigenvalue weighted by Crippen LogP contribution is -1.94. The third kappa shape index (κ3) is 2.45. The van der Waals surface area contributed by atoms with Crippen LogP contribution in [0, 0.1) is 13.8 Å². The summed E-state index contributed by atoms with van der Waals surface area (Å²) in [4.78, 5) is 0. The van der Waals surface area contributed by atoms with Crippen LogP contribution in [0.1, 0.15) is 11.1 Å². The molecule has 0 radical (unpaired) electrons. The van der Waals surface area contributed by atoms with E-state index in [0.717, 1.165) is 27.6 Å². The molecule has 100 valence electrons. The van der Waals surface area contributed by atoms with Gasteiger partial charge in [-0.1, -0.05) is 35.9 Å². The molecular weight excluding hydrogens is 272 g/mol. The van der Waals surface area contributed by atoms with Crippen molar-refractivity contribution in [3.63, 3.8) is 0 Å². The monoisotopic (exact) mass is 284 g/mol. The zero-order chi connectivity index (χ0) is 14.1. The van der Waals surface area contributed by atoms with Crippen LogP contribution >= 0.6 is 11.6 Å². The second kappa shape index (κ2) is 5.10. The summed E-state index contributed by atoms with van der Waals surface area (Å²) in [6.07, 6.45) is 0. The van der Waals surface area contributed by atoms with E-state index in [0.29, 0.717) is 11.0 Å². The van der Waals surface area contributed by atoms with Gasteiger partial charge < -0.3 is 4.74 Å². The Kier molecular flexibility index (Phi) is 3.28. The number of aryl methyl sites for hydroxylation is 2. The fourth-order valence-electron chi connectivity index (χ4n) is 2.23. The minimum absolute atomic E-state index is 0.383. The van der Waals surface area contributed by atoms with E-state index in [1.54, 1.807) is 0 Å². The Labute approximate surface area is 122 Å². The molecule has 0 saturated carbocycles. The average molecular weight is 285 g/mol. The van der Waals surface area contributed by atoms with E-state index in [2.05, 4.69) is 16.3 Å². The van der Waals surface area contributed by atoms with E-state index in [-0.39, 0.29) is 0 Å². The maximum atomic E-state index is 6.05. The van der Waals surface area contributed by atoms with Crippen molar-refractivity contribution in [1.82, 2.24) is 10.2 Å². The second-order valence-corrected chi connectivity index (χ2v) is 5.13. The van der Waals surface area contributed by atoms with Gasteiger partial charge in [-0.15, -0.1) is 10.2 Å². The van der Waals surface area contributed by atoms with E-state index < -0.39 is 0 Å². The van der Waals surface area contributed by atoms with Crippen molar-refractivity contribution < 1.29 is 4.74 Å². The van der Waals surface area contributed by atoms with Gasteiger partial charge >= 0.3 is 0 Å². The van der Waals surface area contributed by atoms with Crippen LogP contribution < -0.4 is 4.74 Å². The van der Waals surface area contributed by atoms with Gasteiger partial charge in [-0.3, -0.25) is 0 Å². The minimum Gasteiger partial charge on any atom is -0.437 e. The normalized spacial score (nSPS) is 10.8. The van der Waals surface area contributed by atoms with Gasteiger partial charge in [0.15, 0.2) is 5.15 Å². The highest BCUT2D eigenvalue weighted by molar-refractivity contribution is 6.34. The third-order valence-corrected chi connectivity index (χ3v) is 3.30. The van der Waals surface area contributed by atoms with Gasteiger partial charge in [0.2, 0.25) is 5.88 Å². The Morgan fingerprint density at radius 2 is 1.55 bits per heavy atom. The molecule has 0 saturated heterocycles. The number of halogens is 1. The molecule has 0 unspecified atom stereocenters. The van der Waals surface area contributed by atoms with Gasteiger partial charge in [0.25, 0.3) is 0 Å². The summed E-state index contributed by atoms with van der Waals surface area (Å²) in [5.41, 5.74) is 2.29. The number of rotatable bonds is 2. The van der Waals surface area contributed by atoms with Crippen LogP contribution in [0.4, 0.5) is 0 Å². The highest BCUT2D eigenvalue weighted by Crippen LogP contribution is 2.30. The summed E-state index contributed by atoms with van der Waals surface area (Å²) in [5, 5.41) is 10.1. The van der Waals surface area contributed by atoms with E-state index in [1.165, 1.54) is 0 Å². The summed E-state index contributed by atoms with van der Waals surface area (Å²) in [7, 11) is 0. The molecule has 20 heavy (non-hydrogen) atoms. The largest absolute Gasteiger partial charge is 0.437 e. The molecule has 2 aromatic carbocycles. The van der Waals surface area contributed by atoms with Gasteiger partial charge in [0, 0.05) is 10.8 Å². The first kappa shape index (κ1) is 12.9. The van der Waals surface area contributed by atoms with Crippen LogP contribution in [-0.2, 0) is 0 Å². The van der Waals surface area contributed by atoms with Crippen molar-refractivity contribution in [2.45, 2.75) is 13.8 Å². The van der Waals surface area contributed by atoms with E-state index in [4.69, 9.17) is 16.3 Å². The smallest absolute Gasteiger partial charge is 0.246 e. The van der Waals surface area contributed by atoms with Crippen molar-refractivity contribution in [3.8, 4) is 11.6 Å². The van der Waals surface area contributed by atoms with Crippen molar-refractivity contribution in [2.75, 3.05) is 0 Å². The molecule has 3 nitrogen and oxygen atoms in total. The molecule has 3 rings (SSSR count). The second-order valence-electron chi connectivity index (χ2n) is 4.77. The number of benzene rings is 2. The molecule has 0 atom stereocenters. The lowest BCUT2D eigenvalue weighted by atomic mass is 10.1. The van der Waals surface area contributed by atoms with Crippen LogP contribution in [0.15, 0.2) is 42.5 Å². The highest BCUT2D eigenvalue weighted by Gasteiger charge is 2.09. The first-order valence-corrected chi connectivity index (χ1v) is 6.68. The molecule has 0 N–H and O–H groups in total. The summed E-state index contributed by atoms with van der Waals surface area (Å²) >= 11 is 6.05. The molecule has 1 aromatic heterocycles. The molecule has 3 aromatic rings. The zero-order valence-electron chi connectivity index (χ0n) is 11.2. The van der Waals surface area contributed by atoms with Gasteiger partial charge in [-0.25, -0.2) is 0 Å². The number of fused-ring (bicyclic) bond motifs is 1. The number of hydrogen-bond donors (Lipinski definition) is 0.